The third kappa shape index (κ3) is 7.55. The predicted octanol–water partition coefficient (Wildman–Crippen LogP) is 8.49. The first-order valence-electron chi connectivity index (χ1n) is 17.4. The number of aliphatic hydroxyl groups excluding tert-OH is 1. The van der Waals surface area contributed by atoms with Gasteiger partial charge in [0, 0.05) is 23.1 Å². The van der Waals surface area contributed by atoms with E-state index in [1.165, 1.54) is 5.57 Å². The van der Waals surface area contributed by atoms with Gasteiger partial charge in [-0.05, 0) is 99.5 Å². The van der Waals surface area contributed by atoms with E-state index in [0.717, 1.165) is 41.5 Å². The Morgan fingerprint density at radius 1 is 0.957 bits per heavy atom. The van der Waals surface area contributed by atoms with E-state index in [1.807, 2.05) is 61.5 Å². The van der Waals surface area contributed by atoms with E-state index in [0.29, 0.717) is 49.8 Å². The summed E-state index contributed by atoms with van der Waals surface area (Å²) in [5, 5.41) is 23.6. The van der Waals surface area contributed by atoms with Crippen LogP contribution in [0.5, 0.6) is 0 Å². The second kappa shape index (κ2) is 15.0. The summed E-state index contributed by atoms with van der Waals surface area (Å²) in [7, 11) is 0. The molecule has 1 fully saturated rings. The summed E-state index contributed by atoms with van der Waals surface area (Å²) in [6.07, 6.45) is 6.63. The monoisotopic (exact) mass is 637 g/mol. The second-order valence-electron chi connectivity index (χ2n) is 13.8. The van der Waals surface area contributed by atoms with Crippen LogP contribution in [0, 0.1) is 5.41 Å². The van der Waals surface area contributed by atoms with Crippen molar-refractivity contribution in [2.24, 2.45) is 5.41 Å². The molecule has 1 saturated carbocycles. The Labute approximate surface area is 280 Å². The second-order valence-corrected chi connectivity index (χ2v) is 13.8. The number of hydrogen-bond acceptors (Lipinski definition) is 5. The highest BCUT2D eigenvalue weighted by Crippen LogP contribution is 2.59. The molecule has 6 rings (SSSR count). The molecule has 0 radical (unpaired) electrons. The van der Waals surface area contributed by atoms with Crippen molar-refractivity contribution in [1.29, 1.82) is 0 Å². The van der Waals surface area contributed by atoms with Crippen molar-refractivity contribution in [2.75, 3.05) is 19.7 Å². The van der Waals surface area contributed by atoms with Gasteiger partial charge in [0.2, 0.25) is 0 Å². The largest absolute Gasteiger partial charge is 0.450 e. The fourth-order valence-corrected chi connectivity index (χ4v) is 7.83. The number of aliphatic hydroxyl groups is 2. The van der Waals surface area contributed by atoms with Crippen LogP contribution >= 0.6 is 0 Å². The number of benzene rings is 3. The molecule has 0 heterocycles. The van der Waals surface area contributed by atoms with Crippen molar-refractivity contribution in [2.45, 2.75) is 96.7 Å². The summed E-state index contributed by atoms with van der Waals surface area (Å²) >= 11 is 0. The maximum absolute atomic E-state index is 14.4. The van der Waals surface area contributed by atoms with Crippen LogP contribution in [0.3, 0.4) is 0 Å². The van der Waals surface area contributed by atoms with E-state index in [9.17, 15) is 19.8 Å². The highest BCUT2D eigenvalue weighted by Gasteiger charge is 2.57. The van der Waals surface area contributed by atoms with Crippen LogP contribution in [-0.4, -0.2) is 58.4 Å². The molecule has 6 heteroatoms. The van der Waals surface area contributed by atoms with E-state index < -0.39 is 23.2 Å². The molecule has 2 N–H and O–H groups in total. The Balaban J connectivity index is 1.58. The van der Waals surface area contributed by atoms with Crippen molar-refractivity contribution in [3.63, 3.8) is 0 Å². The topological polar surface area (TPSA) is 87.1 Å². The van der Waals surface area contributed by atoms with E-state index >= 15 is 0 Å². The van der Waals surface area contributed by atoms with E-state index in [4.69, 9.17) is 4.74 Å². The smallest absolute Gasteiger partial charge is 0.409 e. The first kappa shape index (κ1) is 34.6. The molecule has 0 unspecified atom stereocenters. The number of nitrogens with zero attached hydrogens (tertiary/aromatic N) is 1. The lowest BCUT2D eigenvalue weighted by atomic mass is 9.64. The van der Waals surface area contributed by atoms with Crippen molar-refractivity contribution in [3.05, 3.63) is 107 Å². The summed E-state index contributed by atoms with van der Waals surface area (Å²) in [4.78, 5) is 29.1. The molecule has 3 aliphatic carbocycles. The molecule has 3 aromatic carbocycles. The Morgan fingerprint density at radius 3 is 2.38 bits per heavy atom. The van der Waals surface area contributed by atoms with Crippen LogP contribution in [0.1, 0.15) is 106 Å². The van der Waals surface area contributed by atoms with Gasteiger partial charge < -0.3 is 19.8 Å². The standard InChI is InChI=1S/C41H51NO5/c1-5-25-42(39(45)47-6-2)28-41(46)24-22-37-35-21-15-30(26-34(43)20-14-29(3)11-10-23-40(37,41)4)27-36(35)38(44)33-18-16-32(17-19-33)31-12-8-7-9-13-31/h7-9,11-13,15-19,21,27,34,37,43,46H,5-6,10,14,20,22-26,28H2,1-4H3/t34-,37-,40-,41+/m0/s1. The first-order valence-corrected chi connectivity index (χ1v) is 17.4. The molecule has 4 atom stereocenters. The van der Waals surface area contributed by atoms with Crippen LogP contribution in [0.25, 0.3) is 11.1 Å². The van der Waals surface area contributed by atoms with Gasteiger partial charge in [-0.25, -0.2) is 4.79 Å². The van der Waals surface area contributed by atoms with Crippen molar-refractivity contribution in [1.82, 2.24) is 4.90 Å². The summed E-state index contributed by atoms with van der Waals surface area (Å²) in [5.41, 5.74) is 4.65. The molecular weight excluding hydrogens is 586 g/mol. The lowest BCUT2D eigenvalue weighted by molar-refractivity contribution is -0.0809. The number of carbonyl (C=O) groups excluding carboxylic acids is 2. The van der Waals surface area contributed by atoms with Gasteiger partial charge in [-0.15, -0.1) is 0 Å². The van der Waals surface area contributed by atoms with Crippen molar-refractivity contribution >= 4 is 11.9 Å². The van der Waals surface area contributed by atoms with Crippen molar-refractivity contribution in [3.8, 4) is 11.1 Å². The Bertz CT molecular complexity index is 1560. The van der Waals surface area contributed by atoms with Gasteiger partial charge in [0.05, 0.1) is 24.9 Å². The molecule has 3 aliphatic rings. The Kier molecular flexibility index (Phi) is 11.0. The van der Waals surface area contributed by atoms with Crippen LogP contribution in [-0.2, 0) is 11.2 Å². The number of allylic oxidation sites excluding steroid dienone is 2. The minimum atomic E-state index is -1.18. The summed E-state index contributed by atoms with van der Waals surface area (Å²) < 4.78 is 5.40. The number of fused-ring (bicyclic) bond motifs is 8. The zero-order valence-electron chi connectivity index (χ0n) is 28.5. The van der Waals surface area contributed by atoms with Gasteiger partial charge in [-0.1, -0.05) is 92.2 Å². The minimum Gasteiger partial charge on any atom is -0.450 e. The van der Waals surface area contributed by atoms with Crippen LogP contribution in [0.4, 0.5) is 4.79 Å². The molecular formula is C41H51NO5. The number of ketones is 1. The SMILES string of the molecule is CCCN(C[C@]1(O)CC[C@H]2c3ccc(cc3C(=O)c3ccc(-c4ccccc4)cc3)C[C@@H](O)CCC(C)=CCC[C@@]21C)C(=O)OCC. The first-order chi connectivity index (χ1) is 22.6. The third-order valence-corrected chi connectivity index (χ3v) is 10.6. The highest BCUT2D eigenvalue weighted by atomic mass is 16.6. The molecule has 250 valence electrons. The Morgan fingerprint density at radius 2 is 1.68 bits per heavy atom. The molecule has 47 heavy (non-hydrogen) atoms. The fraction of sp³-hybridized carbons (Fsp3) is 0.463. The summed E-state index contributed by atoms with van der Waals surface area (Å²) in [5.74, 6) is -0.174. The average molecular weight is 638 g/mol. The molecule has 0 saturated heterocycles. The number of rotatable bonds is 8. The summed E-state index contributed by atoms with van der Waals surface area (Å²) in [6.45, 7) is 9.04. The normalized spacial score (nSPS) is 24.6. The predicted molar refractivity (Wildman–Crippen MR) is 188 cm³/mol. The van der Waals surface area contributed by atoms with Crippen LogP contribution < -0.4 is 0 Å². The van der Waals surface area contributed by atoms with Crippen LogP contribution in [0.2, 0.25) is 0 Å². The lowest BCUT2D eigenvalue weighted by Crippen LogP contribution is -2.54. The minimum absolute atomic E-state index is 0.0595. The lowest BCUT2D eigenvalue weighted by Gasteiger charge is -2.46. The average Bonchev–Trinajstić information content (AvgIpc) is 3.32. The fourth-order valence-electron chi connectivity index (χ4n) is 7.83. The number of carbonyl (C=O) groups is 2. The van der Waals surface area contributed by atoms with Gasteiger partial charge in [0.1, 0.15) is 0 Å². The molecule has 2 bridgehead atoms. The van der Waals surface area contributed by atoms with Gasteiger partial charge in [0.15, 0.2) is 5.78 Å². The maximum Gasteiger partial charge on any atom is 0.409 e. The molecule has 0 aromatic heterocycles. The molecule has 0 aliphatic heterocycles. The Hall–Kier alpha value is -3.74. The molecule has 0 spiro atoms. The molecule has 1 amide bonds. The van der Waals surface area contributed by atoms with Gasteiger partial charge in [-0.3, -0.25) is 4.79 Å². The highest BCUT2D eigenvalue weighted by molar-refractivity contribution is 6.10. The summed E-state index contributed by atoms with van der Waals surface area (Å²) in [6, 6.07) is 24.0. The van der Waals surface area contributed by atoms with Gasteiger partial charge in [-0.2, -0.15) is 0 Å². The van der Waals surface area contributed by atoms with E-state index in [-0.39, 0.29) is 24.9 Å². The molecule has 3 aromatic rings. The number of hydrogen-bond donors (Lipinski definition) is 2. The van der Waals surface area contributed by atoms with Gasteiger partial charge >= 0.3 is 6.09 Å². The number of amides is 1. The quantitative estimate of drug-likeness (QED) is 0.191. The van der Waals surface area contributed by atoms with E-state index in [1.54, 1.807) is 11.8 Å². The zero-order valence-corrected chi connectivity index (χ0v) is 28.5. The van der Waals surface area contributed by atoms with Gasteiger partial charge in [0.25, 0.3) is 0 Å². The van der Waals surface area contributed by atoms with Crippen molar-refractivity contribution < 1.29 is 24.5 Å². The molecule has 6 nitrogen and oxygen atoms in total. The maximum atomic E-state index is 14.4. The van der Waals surface area contributed by atoms with E-state index in [2.05, 4.69) is 38.1 Å². The van der Waals surface area contributed by atoms with Crippen LogP contribution in [0.15, 0.2) is 84.4 Å². The third-order valence-electron chi connectivity index (χ3n) is 10.6. The zero-order chi connectivity index (χ0) is 33.6. The number of ether oxygens (including phenoxy) is 1.